The lowest BCUT2D eigenvalue weighted by molar-refractivity contribution is -0.113. The molecule has 0 aliphatic carbocycles. The molecule has 138 valence electrons. The fraction of sp³-hybridized carbons (Fsp3) is 0.222. The number of nitrogens with one attached hydrogen (secondary N) is 2. The zero-order valence-corrected chi connectivity index (χ0v) is 15.7. The smallest absolute Gasteiger partial charge is 0.251 e. The van der Waals surface area contributed by atoms with E-state index < -0.39 is 11.6 Å². The number of hydrogen-bond acceptors (Lipinski definition) is 3. The molecule has 0 aliphatic heterocycles. The van der Waals surface area contributed by atoms with Gasteiger partial charge in [-0.1, -0.05) is 11.6 Å². The first-order valence-electron chi connectivity index (χ1n) is 7.74. The summed E-state index contributed by atoms with van der Waals surface area (Å²) in [6, 6.07) is 7.96. The van der Waals surface area contributed by atoms with Crippen molar-refractivity contribution in [3.63, 3.8) is 0 Å². The minimum atomic E-state index is -0.970. The Balaban J connectivity index is 2.01. The summed E-state index contributed by atoms with van der Waals surface area (Å²) < 4.78 is 26.1. The van der Waals surface area contributed by atoms with Crippen LogP contribution in [0.1, 0.15) is 24.2 Å². The molecule has 0 bridgehead atoms. The molecule has 2 aromatic rings. The number of amides is 2. The number of halogens is 3. The summed E-state index contributed by atoms with van der Waals surface area (Å²) in [6.45, 7) is 3.68. The molecule has 0 saturated carbocycles. The molecule has 0 radical (unpaired) electrons. The van der Waals surface area contributed by atoms with Crippen molar-refractivity contribution in [2.24, 2.45) is 0 Å². The van der Waals surface area contributed by atoms with E-state index in [-0.39, 0.29) is 28.6 Å². The lowest BCUT2D eigenvalue weighted by Crippen LogP contribution is -2.30. The number of carbonyl (C=O) groups is 2. The molecule has 0 saturated heterocycles. The maximum Gasteiger partial charge on any atom is 0.251 e. The average Bonchev–Trinajstić information content (AvgIpc) is 2.57. The van der Waals surface area contributed by atoms with Crippen molar-refractivity contribution >= 4 is 40.9 Å². The van der Waals surface area contributed by atoms with E-state index in [9.17, 15) is 18.4 Å². The molecule has 2 N–H and O–H groups in total. The molecule has 0 aromatic heterocycles. The number of thioether (sulfide) groups is 1. The van der Waals surface area contributed by atoms with Crippen LogP contribution < -0.4 is 10.6 Å². The second-order valence-electron chi connectivity index (χ2n) is 5.74. The van der Waals surface area contributed by atoms with Crippen LogP contribution in [0.3, 0.4) is 0 Å². The summed E-state index contributed by atoms with van der Waals surface area (Å²) in [5.74, 6) is -2.60. The van der Waals surface area contributed by atoms with Crippen LogP contribution in [0.2, 0.25) is 5.02 Å². The van der Waals surface area contributed by atoms with Crippen molar-refractivity contribution in [1.29, 1.82) is 0 Å². The highest BCUT2D eigenvalue weighted by Gasteiger charge is 2.12. The summed E-state index contributed by atoms with van der Waals surface area (Å²) in [6.07, 6.45) is 0. The van der Waals surface area contributed by atoms with Gasteiger partial charge in [0.1, 0.15) is 0 Å². The van der Waals surface area contributed by atoms with Crippen LogP contribution in [-0.2, 0) is 4.79 Å². The molecule has 2 rings (SSSR count). The molecule has 8 heteroatoms. The molecule has 26 heavy (non-hydrogen) atoms. The van der Waals surface area contributed by atoms with E-state index in [2.05, 4.69) is 10.6 Å². The van der Waals surface area contributed by atoms with E-state index in [1.54, 1.807) is 6.07 Å². The van der Waals surface area contributed by atoms with Gasteiger partial charge in [-0.3, -0.25) is 9.59 Å². The minimum absolute atomic E-state index is 0.0240. The van der Waals surface area contributed by atoms with Gasteiger partial charge < -0.3 is 10.6 Å². The number of anilines is 1. The molecule has 0 atom stereocenters. The lowest BCUT2D eigenvalue weighted by atomic mass is 10.1. The van der Waals surface area contributed by atoms with Gasteiger partial charge in [-0.25, -0.2) is 8.78 Å². The van der Waals surface area contributed by atoms with E-state index in [1.807, 2.05) is 13.8 Å². The van der Waals surface area contributed by atoms with Gasteiger partial charge in [-0.15, -0.1) is 11.8 Å². The summed E-state index contributed by atoms with van der Waals surface area (Å²) in [4.78, 5) is 24.6. The second kappa shape index (κ2) is 9.00. The number of carbonyl (C=O) groups excluding carboxylic acids is 2. The van der Waals surface area contributed by atoms with Crippen molar-refractivity contribution in [1.82, 2.24) is 5.32 Å². The van der Waals surface area contributed by atoms with Crippen molar-refractivity contribution in [2.75, 3.05) is 11.1 Å². The van der Waals surface area contributed by atoms with E-state index in [4.69, 9.17) is 11.6 Å². The van der Waals surface area contributed by atoms with Crippen molar-refractivity contribution < 1.29 is 18.4 Å². The van der Waals surface area contributed by atoms with Crippen LogP contribution in [0.15, 0.2) is 41.3 Å². The normalized spacial score (nSPS) is 10.7. The Hall–Kier alpha value is -2.12. The molecule has 0 spiro atoms. The quantitative estimate of drug-likeness (QED) is 0.705. The van der Waals surface area contributed by atoms with E-state index in [0.29, 0.717) is 16.1 Å². The molecular weight excluding hydrogens is 382 g/mol. The molecule has 2 amide bonds. The van der Waals surface area contributed by atoms with Crippen LogP contribution in [0.25, 0.3) is 0 Å². The summed E-state index contributed by atoms with van der Waals surface area (Å²) >= 11 is 7.12. The molecule has 2 aromatic carbocycles. The summed E-state index contributed by atoms with van der Waals surface area (Å²) in [5, 5.41) is 5.66. The molecule has 0 aliphatic rings. The maximum atomic E-state index is 13.2. The first-order valence-corrected chi connectivity index (χ1v) is 9.10. The summed E-state index contributed by atoms with van der Waals surface area (Å²) in [7, 11) is 0. The van der Waals surface area contributed by atoms with E-state index in [1.165, 1.54) is 18.2 Å². The van der Waals surface area contributed by atoms with Crippen molar-refractivity contribution in [3.05, 3.63) is 58.6 Å². The molecule has 0 fully saturated rings. The Morgan fingerprint density at radius 2 is 1.85 bits per heavy atom. The van der Waals surface area contributed by atoms with Crippen LogP contribution in [0.4, 0.5) is 14.5 Å². The molecule has 0 heterocycles. The predicted octanol–water partition coefficient (Wildman–Crippen LogP) is 4.49. The highest BCUT2D eigenvalue weighted by atomic mass is 35.5. The van der Waals surface area contributed by atoms with Crippen molar-refractivity contribution in [2.45, 2.75) is 24.8 Å². The van der Waals surface area contributed by atoms with Crippen LogP contribution >= 0.6 is 23.4 Å². The second-order valence-corrected chi connectivity index (χ2v) is 7.19. The van der Waals surface area contributed by atoms with Gasteiger partial charge in [0.25, 0.3) is 5.91 Å². The van der Waals surface area contributed by atoms with Gasteiger partial charge >= 0.3 is 0 Å². The Labute approximate surface area is 159 Å². The van der Waals surface area contributed by atoms with E-state index in [0.717, 1.165) is 23.9 Å². The lowest BCUT2D eigenvalue weighted by Gasteiger charge is -2.11. The van der Waals surface area contributed by atoms with Gasteiger partial charge in [-0.05, 0) is 50.2 Å². The molecule has 0 unspecified atom stereocenters. The Morgan fingerprint density at radius 3 is 2.50 bits per heavy atom. The van der Waals surface area contributed by atoms with E-state index >= 15 is 0 Å². The fourth-order valence-corrected chi connectivity index (χ4v) is 2.90. The Bertz CT molecular complexity index is 831. The zero-order chi connectivity index (χ0) is 19.3. The maximum absolute atomic E-state index is 13.2. The van der Waals surface area contributed by atoms with Crippen LogP contribution in [0.5, 0.6) is 0 Å². The SMILES string of the molecule is CC(C)NC(=O)c1ccc(Cl)c(NC(=O)CSc2ccc(F)c(F)c2)c1. The van der Waals surface area contributed by atoms with Gasteiger partial charge in [0.15, 0.2) is 11.6 Å². The monoisotopic (exact) mass is 398 g/mol. The Kier molecular flexibility index (Phi) is 6.99. The zero-order valence-electron chi connectivity index (χ0n) is 14.1. The Morgan fingerprint density at radius 1 is 1.12 bits per heavy atom. The average molecular weight is 399 g/mol. The van der Waals surface area contributed by atoms with Crippen LogP contribution in [-0.4, -0.2) is 23.6 Å². The van der Waals surface area contributed by atoms with Gasteiger partial charge in [0, 0.05) is 16.5 Å². The highest BCUT2D eigenvalue weighted by Crippen LogP contribution is 2.25. The summed E-state index contributed by atoms with van der Waals surface area (Å²) in [5.41, 5.74) is 0.672. The molecule has 4 nitrogen and oxygen atoms in total. The first kappa shape index (κ1) is 20.2. The van der Waals surface area contributed by atoms with Gasteiger partial charge in [0.05, 0.1) is 16.5 Å². The third-order valence-electron chi connectivity index (χ3n) is 3.18. The highest BCUT2D eigenvalue weighted by molar-refractivity contribution is 8.00. The topological polar surface area (TPSA) is 58.2 Å². The predicted molar refractivity (Wildman–Crippen MR) is 99.8 cm³/mol. The molecular formula is C18H17ClF2N2O2S. The third kappa shape index (κ3) is 5.71. The largest absolute Gasteiger partial charge is 0.350 e. The number of rotatable bonds is 6. The van der Waals surface area contributed by atoms with Gasteiger partial charge in [-0.2, -0.15) is 0 Å². The third-order valence-corrected chi connectivity index (χ3v) is 4.51. The van der Waals surface area contributed by atoms with Crippen LogP contribution in [0, 0.1) is 11.6 Å². The standard InChI is InChI=1S/C18H17ClF2N2O2S/c1-10(2)22-18(25)11-3-5-13(19)16(7-11)23-17(24)9-26-12-4-6-14(20)15(21)8-12/h3-8,10H,9H2,1-2H3,(H,22,25)(H,23,24). The van der Waals surface area contributed by atoms with Crippen molar-refractivity contribution in [3.8, 4) is 0 Å². The number of benzene rings is 2. The first-order chi connectivity index (χ1) is 12.3. The van der Waals surface area contributed by atoms with Gasteiger partial charge in [0.2, 0.25) is 5.91 Å². The fourth-order valence-electron chi connectivity index (χ4n) is 2.01. The minimum Gasteiger partial charge on any atom is -0.350 e. The number of hydrogen-bond donors (Lipinski definition) is 2.